The van der Waals surface area contributed by atoms with E-state index in [0.717, 1.165) is 35.0 Å². The van der Waals surface area contributed by atoms with Gasteiger partial charge < -0.3 is 10.3 Å². The zero-order valence-corrected chi connectivity index (χ0v) is 17.3. The average molecular weight is 415 g/mol. The molecule has 3 aromatic rings. The van der Waals surface area contributed by atoms with Gasteiger partial charge in [-0.05, 0) is 43.4 Å². The molecule has 1 aliphatic carbocycles. The number of nitrogens with zero attached hydrogens (tertiary/aromatic N) is 2. The Hall–Kier alpha value is -2.19. The van der Waals surface area contributed by atoms with Crippen molar-refractivity contribution >= 4 is 39.2 Å². The van der Waals surface area contributed by atoms with Gasteiger partial charge in [-0.3, -0.25) is 14.6 Å². The fraction of sp³-hybridized carbons (Fsp3) is 0.400. The molecule has 1 unspecified atom stereocenters. The summed E-state index contributed by atoms with van der Waals surface area (Å²) < 4.78 is 0. The van der Waals surface area contributed by atoms with Gasteiger partial charge >= 0.3 is 0 Å². The van der Waals surface area contributed by atoms with Crippen LogP contribution in [0.1, 0.15) is 47.6 Å². The Morgan fingerprint density at radius 1 is 1.43 bits per heavy atom. The maximum atomic E-state index is 12.4. The zero-order chi connectivity index (χ0) is 19.5. The molecule has 6 nitrogen and oxygen atoms in total. The average Bonchev–Trinajstić information content (AvgIpc) is 3.26. The minimum absolute atomic E-state index is 0.00967. The van der Waals surface area contributed by atoms with E-state index in [4.69, 9.17) is 0 Å². The molecule has 3 heterocycles. The van der Waals surface area contributed by atoms with Crippen LogP contribution in [0.5, 0.6) is 0 Å². The molecule has 1 aliphatic rings. The fourth-order valence-electron chi connectivity index (χ4n) is 3.48. The number of thiophene rings is 1. The standard InChI is InChI=1S/C20H22N4O2S2/c1-12(13-4-3-8-21-10-13)22-17(25)7-9-27-11-16-23-19(26)18-14-5-2-6-15(14)28-20(18)24-16/h3-4,8,10,12H,2,5-7,9,11H2,1H3,(H,22,25)(H,23,24,26). The summed E-state index contributed by atoms with van der Waals surface area (Å²) in [5, 5.41) is 3.77. The SMILES string of the molecule is CC(NC(=O)CCSCc1nc2sc3c(c2c(=O)[nH]1)CCC3)c1cccnc1. The van der Waals surface area contributed by atoms with Gasteiger partial charge in [-0.2, -0.15) is 11.8 Å². The summed E-state index contributed by atoms with van der Waals surface area (Å²) in [7, 11) is 0. The summed E-state index contributed by atoms with van der Waals surface area (Å²) in [5.74, 6) is 1.97. The van der Waals surface area contributed by atoms with E-state index in [2.05, 4.69) is 20.3 Å². The molecule has 0 saturated carbocycles. The molecule has 0 bridgehead atoms. The van der Waals surface area contributed by atoms with Gasteiger partial charge in [-0.1, -0.05) is 6.07 Å². The van der Waals surface area contributed by atoms with Crippen LogP contribution >= 0.6 is 23.1 Å². The second-order valence-corrected chi connectivity index (χ2v) is 9.12. The number of nitrogens with one attached hydrogen (secondary N) is 2. The number of aromatic nitrogens is 3. The number of aromatic amines is 1. The van der Waals surface area contributed by atoms with Crippen LogP contribution < -0.4 is 10.9 Å². The summed E-state index contributed by atoms with van der Waals surface area (Å²) in [6, 6.07) is 3.75. The lowest BCUT2D eigenvalue weighted by Crippen LogP contribution is -2.26. The van der Waals surface area contributed by atoms with Gasteiger partial charge in [0.05, 0.1) is 17.2 Å². The maximum absolute atomic E-state index is 12.4. The highest BCUT2D eigenvalue weighted by molar-refractivity contribution is 7.98. The normalized spacial score (nSPS) is 14.2. The molecule has 1 amide bonds. The first-order chi connectivity index (χ1) is 13.6. The van der Waals surface area contributed by atoms with Crippen molar-refractivity contribution in [2.45, 2.75) is 44.4 Å². The Labute approximate surface area is 171 Å². The molecular formula is C20H22N4O2S2. The summed E-state index contributed by atoms with van der Waals surface area (Å²) >= 11 is 3.26. The molecule has 0 spiro atoms. The quantitative estimate of drug-likeness (QED) is 0.579. The number of hydrogen-bond donors (Lipinski definition) is 2. The number of thioether (sulfide) groups is 1. The number of H-pyrrole nitrogens is 1. The van der Waals surface area contributed by atoms with Crippen molar-refractivity contribution in [3.05, 3.63) is 56.7 Å². The van der Waals surface area contributed by atoms with Crippen molar-refractivity contribution in [1.29, 1.82) is 0 Å². The van der Waals surface area contributed by atoms with Crippen molar-refractivity contribution in [1.82, 2.24) is 20.3 Å². The van der Waals surface area contributed by atoms with Gasteiger partial charge in [0.25, 0.3) is 5.56 Å². The molecule has 0 fully saturated rings. The van der Waals surface area contributed by atoms with Crippen LogP contribution in [-0.4, -0.2) is 26.6 Å². The Morgan fingerprint density at radius 3 is 3.14 bits per heavy atom. The molecule has 0 aliphatic heterocycles. The molecule has 146 valence electrons. The summed E-state index contributed by atoms with van der Waals surface area (Å²) in [6.45, 7) is 1.95. The van der Waals surface area contributed by atoms with E-state index in [0.29, 0.717) is 23.8 Å². The first-order valence-corrected chi connectivity index (χ1v) is 11.4. The lowest BCUT2D eigenvalue weighted by molar-refractivity contribution is -0.121. The molecule has 3 aromatic heterocycles. The highest BCUT2D eigenvalue weighted by Gasteiger charge is 2.21. The summed E-state index contributed by atoms with van der Waals surface area (Å²) in [5.41, 5.74) is 2.16. The minimum atomic E-state index is -0.0626. The van der Waals surface area contributed by atoms with Crippen LogP contribution in [0.15, 0.2) is 29.3 Å². The summed E-state index contributed by atoms with van der Waals surface area (Å²) in [6.07, 6.45) is 7.09. The number of aryl methyl sites for hydroxylation is 2. The predicted octanol–water partition coefficient (Wildman–Crippen LogP) is 3.37. The van der Waals surface area contributed by atoms with Crippen LogP contribution in [0.25, 0.3) is 10.2 Å². The predicted molar refractivity (Wildman–Crippen MR) is 114 cm³/mol. The van der Waals surface area contributed by atoms with Crippen molar-refractivity contribution in [3.8, 4) is 0 Å². The Kier molecular flexibility index (Phi) is 5.77. The molecule has 0 aromatic carbocycles. The third-order valence-electron chi connectivity index (χ3n) is 4.90. The third kappa shape index (κ3) is 4.12. The highest BCUT2D eigenvalue weighted by Crippen LogP contribution is 2.34. The number of rotatable bonds is 7. The Morgan fingerprint density at radius 2 is 2.32 bits per heavy atom. The number of carbonyl (C=O) groups excluding carboxylic acids is 1. The maximum Gasteiger partial charge on any atom is 0.259 e. The van der Waals surface area contributed by atoms with Crippen molar-refractivity contribution < 1.29 is 4.79 Å². The highest BCUT2D eigenvalue weighted by atomic mass is 32.2. The van der Waals surface area contributed by atoms with Gasteiger partial charge in [0.15, 0.2) is 0 Å². The largest absolute Gasteiger partial charge is 0.350 e. The number of carbonyl (C=O) groups is 1. The Bertz CT molecular complexity index is 1050. The van der Waals surface area contributed by atoms with Gasteiger partial charge in [0, 0.05) is 29.4 Å². The van der Waals surface area contributed by atoms with Gasteiger partial charge in [0.2, 0.25) is 5.91 Å². The molecular weight excluding hydrogens is 392 g/mol. The molecule has 1 atom stereocenters. The van der Waals surface area contributed by atoms with Crippen LogP contribution in [0.4, 0.5) is 0 Å². The molecule has 2 N–H and O–H groups in total. The van der Waals surface area contributed by atoms with E-state index >= 15 is 0 Å². The van der Waals surface area contributed by atoms with E-state index in [-0.39, 0.29) is 17.5 Å². The first-order valence-electron chi connectivity index (χ1n) is 9.42. The van der Waals surface area contributed by atoms with Gasteiger partial charge in [-0.15, -0.1) is 11.3 Å². The number of hydrogen-bond acceptors (Lipinski definition) is 6. The van der Waals surface area contributed by atoms with E-state index < -0.39 is 0 Å². The lowest BCUT2D eigenvalue weighted by atomic mass is 10.1. The molecule has 4 rings (SSSR count). The summed E-state index contributed by atoms with van der Waals surface area (Å²) in [4.78, 5) is 38.4. The number of pyridine rings is 1. The van der Waals surface area contributed by atoms with E-state index in [9.17, 15) is 9.59 Å². The molecule has 8 heteroatoms. The van der Waals surface area contributed by atoms with Gasteiger partial charge in [-0.25, -0.2) is 4.98 Å². The van der Waals surface area contributed by atoms with Crippen LogP contribution in [-0.2, 0) is 23.4 Å². The van der Waals surface area contributed by atoms with E-state index in [1.165, 1.54) is 10.4 Å². The molecule has 0 saturated heterocycles. The monoisotopic (exact) mass is 414 g/mol. The zero-order valence-electron chi connectivity index (χ0n) is 15.7. The van der Waals surface area contributed by atoms with E-state index in [1.54, 1.807) is 35.5 Å². The second-order valence-electron chi connectivity index (χ2n) is 6.93. The van der Waals surface area contributed by atoms with Crippen molar-refractivity contribution in [2.75, 3.05) is 5.75 Å². The van der Waals surface area contributed by atoms with Gasteiger partial charge in [0.1, 0.15) is 10.7 Å². The number of amides is 1. The van der Waals surface area contributed by atoms with E-state index in [1.807, 2.05) is 19.1 Å². The van der Waals surface area contributed by atoms with Crippen LogP contribution in [0.2, 0.25) is 0 Å². The number of fused-ring (bicyclic) bond motifs is 3. The van der Waals surface area contributed by atoms with Crippen molar-refractivity contribution in [2.24, 2.45) is 0 Å². The van der Waals surface area contributed by atoms with Crippen molar-refractivity contribution in [3.63, 3.8) is 0 Å². The molecule has 28 heavy (non-hydrogen) atoms. The smallest absolute Gasteiger partial charge is 0.259 e. The second kappa shape index (κ2) is 8.45. The Balaban J connectivity index is 1.28. The third-order valence-corrected chi connectivity index (χ3v) is 7.05. The lowest BCUT2D eigenvalue weighted by Gasteiger charge is -2.13. The fourth-order valence-corrected chi connectivity index (χ4v) is 5.56. The minimum Gasteiger partial charge on any atom is -0.350 e. The van der Waals surface area contributed by atoms with Crippen LogP contribution in [0, 0.1) is 0 Å². The first kappa shape index (κ1) is 19.1. The topological polar surface area (TPSA) is 87.7 Å². The van der Waals surface area contributed by atoms with Crippen LogP contribution in [0.3, 0.4) is 0 Å². The molecule has 0 radical (unpaired) electrons.